The molecule has 4 atom stereocenters. The summed E-state index contributed by atoms with van der Waals surface area (Å²) in [5, 5.41) is 0. The highest BCUT2D eigenvalue weighted by Crippen LogP contribution is 2.41. The van der Waals surface area contributed by atoms with E-state index in [-0.39, 0.29) is 11.1 Å². The number of nitrogens with one attached hydrogen (secondary N) is 1. The van der Waals surface area contributed by atoms with Gasteiger partial charge >= 0.3 is 29.6 Å². The summed E-state index contributed by atoms with van der Waals surface area (Å²) >= 11 is 0. The quantitative estimate of drug-likeness (QED) is 0.379. The second-order valence-electron chi connectivity index (χ2n) is 8.38. The van der Waals surface area contributed by atoms with Crippen LogP contribution in [0.15, 0.2) is 46.1 Å². The number of hydrogen-bond donors (Lipinski definition) is 1. The molecular formula is C24H26N2O11. The third-order valence-electron chi connectivity index (χ3n) is 5.45. The Morgan fingerprint density at radius 3 is 2.16 bits per heavy atom. The Morgan fingerprint density at radius 1 is 0.946 bits per heavy atom. The molecule has 0 unspecified atom stereocenters. The number of esters is 4. The molecule has 2 aromatic rings. The van der Waals surface area contributed by atoms with Crippen molar-refractivity contribution < 1.29 is 42.9 Å². The van der Waals surface area contributed by atoms with Crippen LogP contribution in [0.1, 0.15) is 42.9 Å². The molecule has 0 aliphatic carbocycles. The van der Waals surface area contributed by atoms with E-state index >= 15 is 0 Å². The van der Waals surface area contributed by atoms with Gasteiger partial charge in [0.25, 0.3) is 5.56 Å². The third-order valence-corrected chi connectivity index (χ3v) is 5.45. The van der Waals surface area contributed by atoms with Crippen molar-refractivity contribution in [1.82, 2.24) is 9.55 Å². The number of aryl methyl sites for hydroxylation is 1. The van der Waals surface area contributed by atoms with E-state index in [4.69, 9.17) is 23.7 Å². The lowest BCUT2D eigenvalue weighted by atomic mass is 9.96. The molecule has 2 heterocycles. The number of ether oxygens (including phenoxy) is 5. The topological polar surface area (TPSA) is 169 Å². The van der Waals surface area contributed by atoms with E-state index in [0.717, 1.165) is 25.3 Å². The lowest BCUT2D eigenvalue weighted by Crippen LogP contribution is -2.53. The lowest BCUT2D eigenvalue weighted by Gasteiger charge is -2.32. The van der Waals surface area contributed by atoms with Gasteiger partial charge in [-0.15, -0.1) is 0 Å². The maximum atomic E-state index is 12.7. The normalized spacial score (nSPS) is 22.6. The van der Waals surface area contributed by atoms with Crippen molar-refractivity contribution >= 4 is 23.9 Å². The lowest BCUT2D eigenvalue weighted by molar-refractivity contribution is -0.186. The number of benzene rings is 1. The van der Waals surface area contributed by atoms with Gasteiger partial charge in [0, 0.05) is 32.5 Å². The minimum atomic E-state index is -1.91. The smallest absolute Gasteiger partial charge is 0.338 e. The molecule has 1 aromatic carbocycles. The van der Waals surface area contributed by atoms with E-state index in [9.17, 15) is 28.8 Å². The van der Waals surface area contributed by atoms with Crippen LogP contribution in [0.5, 0.6) is 0 Å². The molecule has 13 heteroatoms. The third kappa shape index (κ3) is 6.30. The van der Waals surface area contributed by atoms with Crippen LogP contribution in [-0.2, 0) is 38.1 Å². The van der Waals surface area contributed by atoms with Crippen molar-refractivity contribution in [3.8, 4) is 0 Å². The molecule has 0 saturated carbocycles. The Morgan fingerprint density at radius 2 is 1.57 bits per heavy atom. The largest absolute Gasteiger partial charge is 0.462 e. The Balaban J connectivity index is 2.11. The molecule has 0 radical (unpaired) electrons. The van der Waals surface area contributed by atoms with Crippen LogP contribution in [0.4, 0.5) is 0 Å². The van der Waals surface area contributed by atoms with Gasteiger partial charge < -0.3 is 23.7 Å². The predicted octanol–water partition coefficient (Wildman–Crippen LogP) is 0.396. The van der Waals surface area contributed by atoms with E-state index in [0.29, 0.717) is 0 Å². The number of H-pyrrole nitrogens is 1. The highest BCUT2D eigenvalue weighted by atomic mass is 16.7. The van der Waals surface area contributed by atoms with Gasteiger partial charge in [-0.25, -0.2) is 9.59 Å². The fourth-order valence-corrected chi connectivity index (χ4v) is 3.82. The summed E-state index contributed by atoms with van der Waals surface area (Å²) in [6, 6.07) is 7.96. The summed E-state index contributed by atoms with van der Waals surface area (Å²) < 4.78 is 28.5. The number of carbonyl (C=O) groups excluding carboxylic acids is 4. The zero-order chi connectivity index (χ0) is 27.3. The van der Waals surface area contributed by atoms with Crippen molar-refractivity contribution in [3.05, 3.63) is 68.5 Å². The number of nitrogens with zero attached hydrogens (tertiary/aromatic N) is 1. The first-order valence-corrected chi connectivity index (χ1v) is 11.1. The van der Waals surface area contributed by atoms with E-state index in [1.165, 1.54) is 25.3 Å². The SMILES string of the molecule is CC(=O)OC[C@@]1(COC(=O)c2ccccc2)O[C@@H](n2cc(C)c(=O)[nH]c2=O)[C@H](OC(C)=O)[C@H]1OC(C)=O. The van der Waals surface area contributed by atoms with Crippen LogP contribution >= 0.6 is 0 Å². The van der Waals surface area contributed by atoms with Gasteiger partial charge in [0.2, 0.25) is 0 Å². The monoisotopic (exact) mass is 518 g/mol. The molecule has 0 bridgehead atoms. The van der Waals surface area contributed by atoms with Crippen molar-refractivity contribution in [2.75, 3.05) is 13.2 Å². The Kier molecular flexibility index (Phi) is 8.28. The Labute approximate surface area is 210 Å². The van der Waals surface area contributed by atoms with Crippen LogP contribution in [0.3, 0.4) is 0 Å². The molecule has 0 spiro atoms. The minimum absolute atomic E-state index is 0.127. The minimum Gasteiger partial charge on any atom is -0.462 e. The fourth-order valence-electron chi connectivity index (χ4n) is 3.82. The fraction of sp³-hybridized carbons (Fsp3) is 0.417. The van der Waals surface area contributed by atoms with Crippen molar-refractivity contribution in [2.45, 2.75) is 51.7 Å². The zero-order valence-corrected chi connectivity index (χ0v) is 20.5. The Hall–Kier alpha value is -4.26. The molecule has 198 valence electrons. The second-order valence-corrected chi connectivity index (χ2v) is 8.38. The zero-order valence-electron chi connectivity index (χ0n) is 20.5. The van der Waals surface area contributed by atoms with E-state index in [1.54, 1.807) is 18.2 Å². The molecule has 3 rings (SSSR count). The van der Waals surface area contributed by atoms with Gasteiger partial charge in [-0.05, 0) is 19.1 Å². The molecule has 1 fully saturated rings. The van der Waals surface area contributed by atoms with Crippen LogP contribution in [0.25, 0.3) is 0 Å². The molecule has 13 nitrogen and oxygen atoms in total. The highest BCUT2D eigenvalue weighted by Gasteiger charge is 2.61. The summed E-state index contributed by atoms with van der Waals surface area (Å²) in [4.78, 5) is 75.2. The van der Waals surface area contributed by atoms with Crippen molar-refractivity contribution in [1.29, 1.82) is 0 Å². The predicted molar refractivity (Wildman–Crippen MR) is 123 cm³/mol. The second kappa shape index (κ2) is 11.2. The van der Waals surface area contributed by atoms with Crippen LogP contribution < -0.4 is 11.2 Å². The number of carbonyl (C=O) groups is 4. The summed E-state index contributed by atoms with van der Waals surface area (Å²) in [7, 11) is 0. The number of hydrogen-bond acceptors (Lipinski definition) is 11. The molecule has 37 heavy (non-hydrogen) atoms. The number of aromatic amines is 1. The van der Waals surface area contributed by atoms with Gasteiger partial charge in [-0.1, -0.05) is 18.2 Å². The van der Waals surface area contributed by atoms with Gasteiger partial charge in [0.15, 0.2) is 24.0 Å². The molecule has 1 aliphatic heterocycles. The molecule has 1 saturated heterocycles. The van der Waals surface area contributed by atoms with Crippen molar-refractivity contribution in [2.24, 2.45) is 0 Å². The van der Waals surface area contributed by atoms with E-state index in [1.807, 2.05) is 0 Å². The van der Waals surface area contributed by atoms with E-state index < -0.39 is 72.4 Å². The number of rotatable bonds is 8. The van der Waals surface area contributed by atoms with Gasteiger partial charge in [0.05, 0.1) is 5.56 Å². The van der Waals surface area contributed by atoms with Crippen molar-refractivity contribution in [3.63, 3.8) is 0 Å². The molecule has 1 aliphatic rings. The summed E-state index contributed by atoms with van der Waals surface area (Å²) in [6.45, 7) is 3.49. The number of aromatic nitrogens is 2. The summed E-state index contributed by atoms with van der Waals surface area (Å²) in [6.07, 6.45) is -3.26. The average Bonchev–Trinajstić information content (AvgIpc) is 3.11. The first kappa shape index (κ1) is 27.3. The molecule has 0 amide bonds. The van der Waals surface area contributed by atoms with Gasteiger partial charge in [0.1, 0.15) is 13.2 Å². The maximum Gasteiger partial charge on any atom is 0.338 e. The maximum absolute atomic E-state index is 12.7. The van der Waals surface area contributed by atoms with Crippen LogP contribution in [0.2, 0.25) is 0 Å². The standard InChI is InChI=1S/C24H26N2O11/c1-13-10-26(23(32)25-20(13)30)21-18(35-15(3)28)19(36-16(4)29)24(37-21,11-33-14(2)27)12-34-22(31)17-8-6-5-7-9-17/h5-10,18-19,21H,11-12H2,1-4H3,(H,25,30,32)/t18-,19-,21-,24+/m1/s1. The van der Waals surface area contributed by atoms with E-state index in [2.05, 4.69) is 4.98 Å². The van der Waals surface area contributed by atoms with Gasteiger partial charge in [-0.3, -0.25) is 28.7 Å². The first-order valence-electron chi connectivity index (χ1n) is 11.1. The Bertz CT molecular complexity index is 1300. The van der Waals surface area contributed by atoms with Crippen LogP contribution in [-0.4, -0.2) is 64.5 Å². The summed E-state index contributed by atoms with van der Waals surface area (Å²) in [5.41, 5.74) is -3.14. The summed E-state index contributed by atoms with van der Waals surface area (Å²) in [5.74, 6) is -3.13. The molecule has 1 N–H and O–H groups in total. The first-order chi connectivity index (χ1) is 17.4. The molecule has 1 aromatic heterocycles. The highest BCUT2D eigenvalue weighted by molar-refractivity contribution is 5.89. The average molecular weight is 518 g/mol. The van der Waals surface area contributed by atoms with Gasteiger partial charge in [-0.2, -0.15) is 0 Å². The van der Waals surface area contributed by atoms with Crippen LogP contribution in [0, 0.1) is 6.92 Å². The molecular weight excluding hydrogens is 492 g/mol.